The Kier molecular flexibility index (Phi) is 5.29. The lowest BCUT2D eigenvalue weighted by molar-refractivity contribution is 0.102. The van der Waals surface area contributed by atoms with Gasteiger partial charge < -0.3 is 14.6 Å². The van der Waals surface area contributed by atoms with Gasteiger partial charge in [0.15, 0.2) is 9.84 Å². The van der Waals surface area contributed by atoms with E-state index in [1.54, 1.807) is 19.2 Å². The second kappa shape index (κ2) is 7.52. The number of nitrogens with one attached hydrogen (secondary N) is 1. The van der Waals surface area contributed by atoms with Crippen molar-refractivity contribution in [2.24, 2.45) is 0 Å². The van der Waals surface area contributed by atoms with Gasteiger partial charge in [-0.25, -0.2) is 8.42 Å². The number of anilines is 1. The summed E-state index contributed by atoms with van der Waals surface area (Å²) in [6.07, 6.45) is 1.13. The lowest BCUT2D eigenvalue weighted by atomic mass is 10.2. The number of hydrogen-bond donors (Lipinski definition) is 1. The number of carbonyl (C=O) groups is 1. The molecule has 3 rings (SSSR count). The molecule has 0 saturated carbocycles. The summed E-state index contributed by atoms with van der Waals surface area (Å²) in [6.45, 7) is 3.79. The van der Waals surface area contributed by atoms with Crippen LogP contribution >= 0.6 is 0 Å². The molecule has 1 amide bonds. The van der Waals surface area contributed by atoms with Gasteiger partial charge >= 0.3 is 0 Å². The van der Waals surface area contributed by atoms with Crippen LogP contribution in [-0.2, 0) is 9.84 Å². The Balaban J connectivity index is 1.94. The minimum Gasteiger partial charge on any atom is -0.497 e. The van der Waals surface area contributed by atoms with Crippen molar-refractivity contribution in [2.75, 3.05) is 18.7 Å². The van der Waals surface area contributed by atoms with Crippen LogP contribution in [0, 0.1) is 13.8 Å². The lowest BCUT2D eigenvalue weighted by Gasteiger charge is -2.11. The van der Waals surface area contributed by atoms with Crippen LogP contribution in [0.15, 0.2) is 59.5 Å². The molecule has 0 atom stereocenters. The molecule has 0 bridgehead atoms. The molecule has 1 N–H and O–H groups in total. The number of amides is 1. The molecule has 0 aliphatic heterocycles. The van der Waals surface area contributed by atoms with Gasteiger partial charge in [-0.1, -0.05) is 12.1 Å². The molecular formula is C21H22N2O4S. The third-order valence-corrected chi connectivity index (χ3v) is 5.62. The Morgan fingerprint density at radius 2 is 1.75 bits per heavy atom. The van der Waals surface area contributed by atoms with Crippen LogP contribution < -0.4 is 10.1 Å². The molecule has 0 aliphatic rings. The highest BCUT2D eigenvalue weighted by atomic mass is 32.2. The first-order chi connectivity index (χ1) is 13.2. The molecule has 0 saturated heterocycles. The molecule has 0 unspecified atom stereocenters. The minimum absolute atomic E-state index is 0.159. The zero-order valence-corrected chi connectivity index (χ0v) is 17.0. The average Bonchev–Trinajstić information content (AvgIpc) is 2.95. The summed E-state index contributed by atoms with van der Waals surface area (Å²) in [5, 5.41) is 2.78. The predicted octanol–water partition coefficient (Wildman–Crippen LogP) is 3.76. The van der Waals surface area contributed by atoms with Crippen molar-refractivity contribution in [3.63, 3.8) is 0 Å². The van der Waals surface area contributed by atoms with E-state index in [-0.39, 0.29) is 10.8 Å². The number of sulfone groups is 1. The van der Waals surface area contributed by atoms with Crippen molar-refractivity contribution in [2.45, 2.75) is 18.7 Å². The number of nitrogens with zero attached hydrogens (tertiary/aromatic N) is 1. The van der Waals surface area contributed by atoms with Crippen LogP contribution in [0.5, 0.6) is 5.75 Å². The predicted molar refractivity (Wildman–Crippen MR) is 109 cm³/mol. The number of benzene rings is 2. The van der Waals surface area contributed by atoms with Crippen LogP contribution in [-0.4, -0.2) is 32.3 Å². The molecular weight excluding hydrogens is 376 g/mol. The summed E-state index contributed by atoms with van der Waals surface area (Å²) >= 11 is 0. The standard InChI is InChI=1S/C21H22N2O4S/c1-14-11-20(15(2)23(14)17-8-6-9-18(13-17)27-3)21(24)22-16-7-5-10-19(12-16)28(4,25)26/h5-13H,1-4H3,(H,22,24). The number of ether oxygens (including phenoxy) is 1. The number of methoxy groups -OCH3 is 1. The average molecular weight is 398 g/mol. The van der Waals surface area contributed by atoms with Crippen LogP contribution in [0.4, 0.5) is 5.69 Å². The Morgan fingerprint density at radius 1 is 1.04 bits per heavy atom. The fourth-order valence-corrected chi connectivity index (χ4v) is 3.81. The van der Waals surface area contributed by atoms with Gasteiger partial charge in [0.2, 0.25) is 0 Å². The quantitative estimate of drug-likeness (QED) is 0.710. The van der Waals surface area contributed by atoms with E-state index in [4.69, 9.17) is 4.74 Å². The van der Waals surface area contributed by atoms with Gasteiger partial charge in [-0.2, -0.15) is 0 Å². The topological polar surface area (TPSA) is 77.4 Å². The lowest BCUT2D eigenvalue weighted by Crippen LogP contribution is -2.13. The summed E-state index contributed by atoms with van der Waals surface area (Å²) < 4.78 is 30.7. The number of carbonyl (C=O) groups excluding carboxylic acids is 1. The molecule has 28 heavy (non-hydrogen) atoms. The molecule has 1 aromatic heterocycles. The van der Waals surface area contributed by atoms with Crippen molar-refractivity contribution in [1.29, 1.82) is 0 Å². The molecule has 6 nitrogen and oxygen atoms in total. The smallest absolute Gasteiger partial charge is 0.257 e. The molecule has 2 aromatic carbocycles. The summed E-state index contributed by atoms with van der Waals surface area (Å²) in [7, 11) is -1.74. The van der Waals surface area contributed by atoms with E-state index in [1.165, 1.54) is 12.1 Å². The highest BCUT2D eigenvalue weighted by Crippen LogP contribution is 2.25. The van der Waals surface area contributed by atoms with Crippen molar-refractivity contribution < 1.29 is 17.9 Å². The van der Waals surface area contributed by atoms with Gasteiger partial charge in [0.25, 0.3) is 5.91 Å². The summed E-state index contributed by atoms with van der Waals surface area (Å²) in [5.41, 5.74) is 3.53. The number of hydrogen-bond acceptors (Lipinski definition) is 4. The van der Waals surface area contributed by atoms with E-state index in [1.807, 2.05) is 48.7 Å². The van der Waals surface area contributed by atoms with Gasteiger partial charge in [-0.05, 0) is 50.2 Å². The van der Waals surface area contributed by atoms with E-state index < -0.39 is 9.84 Å². The number of aryl methyl sites for hydroxylation is 1. The monoisotopic (exact) mass is 398 g/mol. The summed E-state index contributed by atoms with van der Waals surface area (Å²) in [5.74, 6) is 0.432. The second-order valence-electron chi connectivity index (χ2n) is 6.58. The molecule has 0 spiro atoms. The van der Waals surface area contributed by atoms with Gasteiger partial charge in [0.1, 0.15) is 5.75 Å². The van der Waals surface area contributed by atoms with Crippen LogP contribution in [0.25, 0.3) is 5.69 Å². The van der Waals surface area contributed by atoms with Crippen molar-refractivity contribution in [1.82, 2.24) is 4.57 Å². The molecule has 3 aromatic rings. The first kappa shape index (κ1) is 19.7. The zero-order valence-electron chi connectivity index (χ0n) is 16.2. The van der Waals surface area contributed by atoms with Crippen molar-refractivity contribution in [3.05, 3.63) is 71.5 Å². The highest BCUT2D eigenvalue weighted by molar-refractivity contribution is 7.90. The highest BCUT2D eigenvalue weighted by Gasteiger charge is 2.18. The molecule has 0 aliphatic carbocycles. The Labute approximate surface area is 164 Å². The van der Waals surface area contributed by atoms with E-state index in [2.05, 4.69) is 5.32 Å². The number of aromatic nitrogens is 1. The van der Waals surface area contributed by atoms with Gasteiger partial charge in [-0.3, -0.25) is 4.79 Å². The summed E-state index contributed by atoms with van der Waals surface area (Å²) in [6, 6.07) is 15.6. The maximum absolute atomic E-state index is 12.8. The fraction of sp³-hybridized carbons (Fsp3) is 0.190. The summed E-state index contributed by atoms with van der Waals surface area (Å²) in [4.78, 5) is 13.0. The molecule has 7 heteroatoms. The molecule has 0 fully saturated rings. The third kappa shape index (κ3) is 3.94. The van der Waals surface area contributed by atoms with Crippen LogP contribution in [0.3, 0.4) is 0 Å². The van der Waals surface area contributed by atoms with E-state index in [9.17, 15) is 13.2 Å². The minimum atomic E-state index is -3.35. The van der Waals surface area contributed by atoms with E-state index in [0.29, 0.717) is 11.3 Å². The van der Waals surface area contributed by atoms with Crippen LogP contribution in [0.2, 0.25) is 0 Å². The molecule has 146 valence electrons. The van der Waals surface area contributed by atoms with Gasteiger partial charge in [-0.15, -0.1) is 0 Å². The molecule has 0 radical (unpaired) electrons. The van der Waals surface area contributed by atoms with E-state index >= 15 is 0 Å². The van der Waals surface area contributed by atoms with E-state index in [0.717, 1.165) is 29.1 Å². The SMILES string of the molecule is COc1cccc(-n2c(C)cc(C(=O)Nc3cccc(S(C)(=O)=O)c3)c2C)c1. The zero-order chi connectivity index (χ0) is 20.5. The fourth-order valence-electron chi connectivity index (χ4n) is 3.14. The largest absolute Gasteiger partial charge is 0.497 e. The maximum Gasteiger partial charge on any atom is 0.257 e. The number of rotatable bonds is 5. The normalized spacial score (nSPS) is 11.3. The van der Waals surface area contributed by atoms with Gasteiger partial charge in [0.05, 0.1) is 17.6 Å². The van der Waals surface area contributed by atoms with Crippen molar-refractivity contribution >= 4 is 21.4 Å². The Hall–Kier alpha value is -3.06. The molecule has 1 heterocycles. The Morgan fingerprint density at radius 3 is 2.43 bits per heavy atom. The third-order valence-electron chi connectivity index (χ3n) is 4.51. The van der Waals surface area contributed by atoms with Crippen molar-refractivity contribution in [3.8, 4) is 11.4 Å². The second-order valence-corrected chi connectivity index (χ2v) is 8.59. The van der Waals surface area contributed by atoms with Gasteiger partial charge in [0, 0.05) is 35.1 Å². The maximum atomic E-state index is 12.8. The first-order valence-corrected chi connectivity index (χ1v) is 10.5. The Bertz CT molecular complexity index is 1150. The van der Waals surface area contributed by atoms with Crippen LogP contribution in [0.1, 0.15) is 21.7 Å². The first-order valence-electron chi connectivity index (χ1n) is 8.65.